The Balaban J connectivity index is 2.38. The van der Waals surface area contributed by atoms with E-state index in [-0.39, 0.29) is 0 Å². The molecule has 2 rings (SSSR count). The molecule has 1 aromatic heterocycles. The van der Waals surface area contributed by atoms with Crippen LogP contribution < -0.4 is 4.74 Å². The van der Waals surface area contributed by atoms with Gasteiger partial charge in [-0.05, 0) is 36.5 Å². The summed E-state index contributed by atoms with van der Waals surface area (Å²) in [6.07, 6.45) is 0. The Morgan fingerprint density at radius 2 is 2.00 bits per heavy atom. The van der Waals surface area contributed by atoms with E-state index in [4.69, 9.17) is 21.4 Å². The first-order valence-electron chi connectivity index (χ1n) is 4.02. The normalized spacial score (nSPS) is 10.1. The molecule has 0 saturated carbocycles. The molecule has 14 heavy (non-hydrogen) atoms. The second-order valence-electron chi connectivity index (χ2n) is 2.68. The van der Waals surface area contributed by atoms with Gasteiger partial charge in [0.1, 0.15) is 11.5 Å². The maximum atomic E-state index is 5.34. The second-order valence-corrected chi connectivity index (χ2v) is 4.15. The number of hydrogen-bond acceptors (Lipinski definition) is 4. The quantitative estimate of drug-likeness (QED) is 0.725. The smallest absolute Gasteiger partial charge is 0.247 e. The van der Waals surface area contributed by atoms with E-state index in [0.717, 1.165) is 17.1 Å². The number of hydrogen-bond donors (Lipinski definition) is 0. The molecule has 0 aliphatic rings. The van der Waals surface area contributed by atoms with Crippen molar-refractivity contribution in [1.29, 1.82) is 0 Å². The van der Waals surface area contributed by atoms with Gasteiger partial charge < -0.3 is 9.15 Å². The van der Waals surface area contributed by atoms with Crippen LogP contribution in [0.15, 0.2) is 34.1 Å². The van der Waals surface area contributed by atoms with Crippen LogP contribution in [-0.2, 0) is 0 Å². The van der Waals surface area contributed by atoms with Crippen LogP contribution in [0.1, 0.15) is 0 Å². The van der Waals surface area contributed by atoms with Crippen molar-refractivity contribution in [3.8, 4) is 17.1 Å². The summed E-state index contributed by atoms with van der Waals surface area (Å²) in [5.74, 6) is 1.64. The molecule has 2 nitrogen and oxygen atoms in total. The molecular weight excluding hydrogens is 216 g/mol. The van der Waals surface area contributed by atoms with Gasteiger partial charge in [-0.1, -0.05) is 11.3 Å². The third-order valence-corrected chi connectivity index (χ3v) is 2.81. The van der Waals surface area contributed by atoms with Crippen molar-refractivity contribution in [3.63, 3.8) is 0 Å². The monoisotopic (exact) mass is 224 g/mol. The summed E-state index contributed by atoms with van der Waals surface area (Å²) in [6, 6.07) is 7.68. The van der Waals surface area contributed by atoms with Crippen molar-refractivity contribution in [2.24, 2.45) is 0 Å². The zero-order valence-corrected chi connectivity index (χ0v) is 9.15. The van der Waals surface area contributed by atoms with E-state index in [2.05, 4.69) is 0 Å². The van der Waals surface area contributed by atoms with Gasteiger partial charge in [0.15, 0.2) is 0 Å². The maximum absolute atomic E-state index is 5.34. The van der Waals surface area contributed by atoms with Crippen LogP contribution in [0.5, 0.6) is 5.75 Å². The average Bonchev–Trinajstić information content (AvgIpc) is 2.65. The molecule has 0 spiro atoms. The number of ether oxygens (including phenoxy) is 1. The molecule has 4 heteroatoms. The van der Waals surface area contributed by atoms with E-state index in [1.165, 1.54) is 11.3 Å². The summed E-state index contributed by atoms with van der Waals surface area (Å²) in [5, 5.41) is 1.91. The zero-order valence-electron chi connectivity index (χ0n) is 7.52. The van der Waals surface area contributed by atoms with Gasteiger partial charge in [0.2, 0.25) is 4.02 Å². The van der Waals surface area contributed by atoms with Crippen molar-refractivity contribution >= 4 is 23.6 Å². The Morgan fingerprint density at radius 3 is 2.50 bits per heavy atom. The van der Waals surface area contributed by atoms with Crippen LogP contribution in [-0.4, -0.2) is 7.11 Å². The topological polar surface area (TPSA) is 22.4 Å². The molecule has 0 fully saturated rings. The standard InChI is InChI=1S/C10H8O2S2/c1-11-8-4-2-7(3-5-8)9-6-14-10(13)12-9/h2-6H,1H3. The SMILES string of the molecule is COc1ccc(-c2csc(=S)o2)cc1. The summed E-state index contributed by atoms with van der Waals surface area (Å²) in [7, 11) is 1.64. The molecule has 0 aliphatic heterocycles. The summed E-state index contributed by atoms with van der Waals surface area (Å²) in [5.41, 5.74) is 1.01. The predicted molar refractivity (Wildman–Crippen MR) is 59.4 cm³/mol. The minimum absolute atomic E-state index is 0.552. The summed E-state index contributed by atoms with van der Waals surface area (Å²) >= 11 is 6.33. The van der Waals surface area contributed by atoms with E-state index in [9.17, 15) is 0 Å². The minimum atomic E-state index is 0.552. The lowest BCUT2D eigenvalue weighted by molar-refractivity contribution is 0.415. The van der Waals surface area contributed by atoms with Crippen molar-refractivity contribution in [1.82, 2.24) is 0 Å². The molecule has 0 saturated heterocycles. The third-order valence-electron chi connectivity index (χ3n) is 1.83. The van der Waals surface area contributed by atoms with Crippen LogP contribution in [0.2, 0.25) is 0 Å². The van der Waals surface area contributed by atoms with E-state index in [0.29, 0.717) is 4.02 Å². The Labute approximate surface area is 90.8 Å². The first-order valence-corrected chi connectivity index (χ1v) is 5.31. The van der Waals surface area contributed by atoms with Crippen LogP contribution >= 0.6 is 23.6 Å². The highest BCUT2D eigenvalue weighted by Crippen LogP contribution is 2.25. The van der Waals surface area contributed by atoms with Gasteiger partial charge >= 0.3 is 0 Å². The first-order chi connectivity index (χ1) is 6.79. The summed E-state index contributed by atoms with van der Waals surface area (Å²) < 4.78 is 10.9. The summed E-state index contributed by atoms with van der Waals surface area (Å²) in [6.45, 7) is 0. The lowest BCUT2D eigenvalue weighted by atomic mass is 10.2. The Morgan fingerprint density at radius 1 is 1.29 bits per heavy atom. The largest absolute Gasteiger partial charge is 0.497 e. The van der Waals surface area contributed by atoms with Crippen LogP contribution in [0.25, 0.3) is 11.3 Å². The molecule has 72 valence electrons. The molecule has 0 bridgehead atoms. The van der Waals surface area contributed by atoms with Crippen LogP contribution in [0.3, 0.4) is 0 Å². The van der Waals surface area contributed by atoms with E-state index >= 15 is 0 Å². The molecule has 1 heterocycles. The second kappa shape index (κ2) is 3.94. The fourth-order valence-electron chi connectivity index (χ4n) is 1.12. The number of methoxy groups -OCH3 is 1. The van der Waals surface area contributed by atoms with Crippen molar-refractivity contribution in [2.75, 3.05) is 7.11 Å². The lowest BCUT2D eigenvalue weighted by Crippen LogP contribution is -1.81. The third kappa shape index (κ3) is 1.86. The van der Waals surface area contributed by atoms with E-state index < -0.39 is 0 Å². The Hall–Kier alpha value is -1.13. The van der Waals surface area contributed by atoms with Gasteiger partial charge in [0.05, 0.1) is 7.11 Å². The van der Waals surface area contributed by atoms with Crippen molar-refractivity contribution < 1.29 is 9.15 Å². The Bertz CT molecular complexity index is 467. The van der Waals surface area contributed by atoms with Gasteiger partial charge in [0, 0.05) is 10.9 Å². The molecular formula is C10H8O2S2. The molecule has 0 aliphatic carbocycles. The summed E-state index contributed by atoms with van der Waals surface area (Å²) in [4.78, 5) is 0. The maximum Gasteiger partial charge on any atom is 0.247 e. The molecule has 0 atom stereocenters. The molecule has 0 radical (unpaired) electrons. The van der Waals surface area contributed by atoms with E-state index in [1.54, 1.807) is 7.11 Å². The molecule has 2 aromatic rings. The highest BCUT2D eigenvalue weighted by Gasteiger charge is 2.01. The molecule has 1 aromatic carbocycles. The van der Waals surface area contributed by atoms with Crippen LogP contribution in [0.4, 0.5) is 0 Å². The van der Waals surface area contributed by atoms with Gasteiger partial charge in [-0.2, -0.15) is 0 Å². The molecule has 0 unspecified atom stereocenters. The first kappa shape index (κ1) is 9.43. The average molecular weight is 224 g/mol. The van der Waals surface area contributed by atoms with Gasteiger partial charge in [0.25, 0.3) is 0 Å². The predicted octanol–water partition coefficient (Wildman–Crippen LogP) is 3.75. The molecule has 0 amide bonds. The highest BCUT2D eigenvalue weighted by molar-refractivity contribution is 7.73. The van der Waals surface area contributed by atoms with E-state index in [1.807, 2.05) is 29.6 Å². The van der Waals surface area contributed by atoms with Gasteiger partial charge in [-0.3, -0.25) is 0 Å². The minimum Gasteiger partial charge on any atom is -0.497 e. The van der Waals surface area contributed by atoms with Crippen LogP contribution in [0, 0.1) is 4.02 Å². The fraction of sp³-hybridized carbons (Fsp3) is 0.100. The Kier molecular flexibility index (Phi) is 2.65. The molecule has 0 N–H and O–H groups in total. The van der Waals surface area contributed by atoms with Crippen molar-refractivity contribution in [3.05, 3.63) is 33.7 Å². The number of rotatable bonds is 2. The zero-order chi connectivity index (χ0) is 9.97. The van der Waals surface area contributed by atoms with Gasteiger partial charge in [-0.25, -0.2) is 0 Å². The highest BCUT2D eigenvalue weighted by atomic mass is 32.1. The van der Waals surface area contributed by atoms with Gasteiger partial charge in [-0.15, -0.1) is 0 Å². The number of benzene rings is 1. The fourth-order valence-corrected chi connectivity index (χ4v) is 1.88. The van der Waals surface area contributed by atoms with Crippen molar-refractivity contribution in [2.45, 2.75) is 0 Å². The lowest BCUT2D eigenvalue weighted by Gasteiger charge is -1.99.